The predicted octanol–water partition coefficient (Wildman–Crippen LogP) is 3.56. The highest BCUT2D eigenvalue weighted by molar-refractivity contribution is 7.71. The fourth-order valence-corrected chi connectivity index (χ4v) is 2.39. The van der Waals surface area contributed by atoms with Crippen LogP contribution in [0.25, 0.3) is 5.82 Å². The first kappa shape index (κ1) is 14.0. The highest BCUT2D eigenvalue weighted by Gasteiger charge is 2.12. The van der Waals surface area contributed by atoms with Gasteiger partial charge in [0.25, 0.3) is 0 Å². The lowest BCUT2D eigenvalue weighted by molar-refractivity contribution is 0.761. The van der Waals surface area contributed by atoms with Gasteiger partial charge in [-0.2, -0.15) is 9.78 Å². The van der Waals surface area contributed by atoms with E-state index in [0.717, 1.165) is 22.9 Å². The van der Waals surface area contributed by atoms with Crippen LogP contribution in [0.3, 0.4) is 0 Å². The lowest BCUT2D eigenvalue weighted by Gasteiger charge is -2.07. The third-order valence-electron chi connectivity index (χ3n) is 2.87. The molecule has 2 aromatic heterocycles. The number of nitrogens with zero attached hydrogens (tertiary/aromatic N) is 4. The topological polar surface area (TPSA) is 35.6 Å². The molecule has 0 aliphatic carbocycles. The van der Waals surface area contributed by atoms with Crippen molar-refractivity contribution in [2.24, 2.45) is 0 Å². The van der Waals surface area contributed by atoms with E-state index < -0.39 is 0 Å². The summed E-state index contributed by atoms with van der Waals surface area (Å²) >= 11 is 11.5. The van der Waals surface area contributed by atoms with E-state index in [9.17, 15) is 0 Å². The van der Waals surface area contributed by atoms with Crippen molar-refractivity contribution in [1.82, 2.24) is 19.3 Å². The summed E-state index contributed by atoms with van der Waals surface area (Å²) in [6, 6.07) is 1.88. The summed E-state index contributed by atoms with van der Waals surface area (Å²) in [5, 5.41) is 5.10. The van der Waals surface area contributed by atoms with Gasteiger partial charge in [-0.1, -0.05) is 17.7 Å². The Kier molecular flexibility index (Phi) is 3.87. The van der Waals surface area contributed by atoms with Gasteiger partial charge < -0.3 is 0 Å². The Labute approximate surface area is 122 Å². The second-order valence-corrected chi connectivity index (χ2v) is 5.11. The van der Waals surface area contributed by atoms with Gasteiger partial charge in [-0.05, 0) is 44.6 Å². The van der Waals surface area contributed by atoms with Crippen LogP contribution in [-0.4, -0.2) is 19.3 Å². The minimum atomic E-state index is 0.606. The van der Waals surface area contributed by atoms with Crippen molar-refractivity contribution in [2.75, 3.05) is 0 Å². The van der Waals surface area contributed by atoms with Crippen molar-refractivity contribution < 1.29 is 0 Å². The van der Waals surface area contributed by atoms with Crippen LogP contribution in [-0.2, 0) is 6.54 Å². The summed E-state index contributed by atoms with van der Waals surface area (Å²) in [4.78, 5) is 4.48. The van der Waals surface area contributed by atoms with Gasteiger partial charge >= 0.3 is 0 Å². The molecule has 0 radical (unpaired) electrons. The van der Waals surface area contributed by atoms with Gasteiger partial charge in [-0.15, -0.1) is 6.58 Å². The zero-order valence-electron chi connectivity index (χ0n) is 11.1. The Bertz CT molecular complexity index is 699. The lowest BCUT2D eigenvalue weighted by atomic mass is 10.2. The molecule has 6 heteroatoms. The Balaban J connectivity index is 2.66. The van der Waals surface area contributed by atoms with Gasteiger partial charge in [-0.25, -0.2) is 4.98 Å². The molecule has 0 bridgehead atoms. The van der Waals surface area contributed by atoms with E-state index in [4.69, 9.17) is 23.8 Å². The molecule has 2 heterocycles. The third-order valence-corrected chi connectivity index (χ3v) is 3.65. The zero-order chi connectivity index (χ0) is 14.2. The molecule has 0 aliphatic rings. The Morgan fingerprint density at radius 3 is 2.74 bits per heavy atom. The van der Waals surface area contributed by atoms with Gasteiger partial charge in [0, 0.05) is 6.54 Å². The largest absolute Gasteiger partial charge is 0.300 e. The lowest BCUT2D eigenvalue weighted by Crippen LogP contribution is -2.05. The van der Waals surface area contributed by atoms with E-state index >= 15 is 0 Å². The van der Waals surface area contributed by atoms with E-state index in [1.807, 2.05) is 31.4 Å². The van der Waals surface area contributed by atoms with Crippen molar-refractivity contribution in [3.63, 3.8) is 0 Å². The van der Waals surface area contributed by atoms with Crippen LogP contribution in [0.15, 0.2) is 18.7 Å². The van der Waals surface area contributed by atoms with Crippen LogP contribution in [0.5, 0.6) is 0 Å². The van der Waals surface area contributed by atoms with Crippen LogP contribution in [0, 0.1) is 25.5 Å². The number of hydrogen-bond donors (Lipinski definition) is 0. The standard InChI is InChI=1S/C13H15ClN4S/c1-5-6-17-10(4)16-18(13(17)19)12-8(2)7-11(14)9(3)15-12/h5,7H,1,6H2,2-4H3. The van der Waals surface area contributed by atoms with E-state index in [2.05, 4.69) is 16.7 Å². The fraction of sp³-hybridized carbons (Fsp3) is 0.308. The molecular formula is C13H15ClN4S. The van der Waals surface area contributed by atoms with Gasteiger partial charge in [-0.3, -0.25) is 4.57 Å². The number of hydrogen-bond acceptors (Lipinski definition) is 3. The van der Waals surface area contributed by atoms with Crippen LogP contribution < -0.4 is 0 Å². The first-order valence-corrected chi connectivity index (χ1v) is 6.65. The molecule has 100 valence electrons. The summed E-state index contributed by atoms with van der Waals surface area (Å²) in [6.07, 6.45) is 1.79. The maximum Gasteiger partial charge on any atom is 0.204 e. The van der Waals surface area contributed by atoms with Gasteiger partial charge in [0.05, 0.1) is 10.7 Å². The second kappa shape index (κ2) is 5.27. The first-order valence-electron chi connectivity index (χ1n) is 5.87. The molecule has 0 amide bonds. The zero-order valence-corrected chi connectivity index (χ0v) is 12.7. The predicted molar refractivity (Wildman–Crippen MR) is 79.6 cm³/mol. The minimum Gasteiger partial charge on any atom is -0.300 e. The third kappa shape index (κ3) is 2.48. The first-order chi connectivity index (χ1) is 8.95. The summed E-state index contributed by atoms with van der Waals surface area (Å²) in [5.41, 5.74) is 1.70. The normalized spacial score (nSPS) is 10.7. The summed E-state index contributed by atoms with van der Waals surface area (Å²) in [6.45, 7) is 10.1. The molecule has 0 atom stereocenters. The average Bonchev–Trinajstić information content (AvgIpc) is 2.62. The molecule has 0 saturated heterocycles. The molecule has 0 aliphatic heterocycles. The van der Waals surface area contributed by atoms with E-state index in [1.165, 1.54) is 0 Å². The molecule has 0 fully saturated rings. The molecule has 4 nitrogen and oxygen atoms in total. The highest BCUT2D eigenvalue weighted by atomic mass is 35.5. The van der Waals surface area contributed by atoms with Gasteiger partial charge in [0.1, 0.15) is 5.82 Å². The number of aryl methyl sites for hydroxylation is 3. The van der Waals surface area contributed by atoms with Crippen molar-refractivity contribution in [1.29, 1.82) is 0 Å². The molecule has 0 unspecified atom stereocenters. The molecule has 2 aromatic rings. The molecule has 0 spiro atoms. The van der Waals surface area contributed by atoms with E-state index in [-0.39, 0.29) is 0 Å². The van der Waals surface area contributed by atoms with Crippen LogP contribution in [0.4, 0.5) is 0 Å². The monoisotopic (exact) mass is 294 g/mol. The Hall–Kier alpha value is -1.46. The highest BCUT2D eigenvalue weighted by Crippen LogP contribution is 2.20. The smallest absolute Gasteiger partial charge is 0.204 e. The Morgan fingerprint density at radius 2 is 2.11 bits per heavy atom. The van der Waals surface area contributed by atoms with Gasteiger partial charge in [0.2, 0.25) is 4.77 Å². The second-order valence-electron chi connectivity index (χ2n) is 4.34. The maximum atomic E-state index is 6.06. The molecule has 19 heavy (non-hydrogen) atoms. The molecular weight excluding hydrogens is 280 g/mol. The fourth-order valence-electron chi connectivity index (χ4n) is 1.85. The average molecular weight is 295 g/mol. The molecule has 0 aromatic carbocycles. The maximum absolute atomic E-state index is 6.06. The minimum absolute atomic E-state index is 0.606. The van der Waals surface area contributed by atoms with Crippen molar-refractivity contribution in [3.05, 3.63) is 45.6 Å². The van der Waals surface area contributed by atoms with Crippen molar-refractivity contribution in [3.8, 4) is 5.82 Å². The number of rotatable bonds is 3. The summed E-state index contributed by atoms with van der Waals surface area (Å²) in [7, 11) is 0. The van der Waals surface area contributed by atoms with Crippen molar-refractivity contribution in [2.45, 2.75) is 27.3 Å². The summed E-state index contributed by atoms with van der Waals surface area (Å²) in [5.74, 6) is 1.55. The van der Waals surface area contributed by atoms with Crippen LogP contribution in [0.2, 0.25) is 5.02 Å². The van der Waals surface area contributed by atoms with Crippen molar-refractivity contribution >= 4 is 23.8 Å². The van der Waals surface area contributed by atoms with Crippen LogP contribution >= 0.6 is 23.8 Å². The molecule has 2 rings (SSSR count). The quantitative estimate of drug-likeness (QED) is 0.641. The van der Waals surface area contributed by atoms with Gasteiger partial charge in [0.15, 0.2) is 5.82 Å². The molecule has 0 N–H and O–H groups in total. The molecule has 0 saturated carbocycles. The Morgan fingerprint density at radius 1 is 1.42 bits per heavy atom. The van der Waals surface area contributed by atoms with Crippen LogP contribution in [0.1, 0.15) is 17.1 Å². The SMILES string of the molecule is C=CCn1c(C)nn(-c2nc(C)c(Cl)cc2C)c1=S. The van der Waals surface area contributed by atoms with E-state index in [0.29, 0.717) is 16.3 Å². The number of halogens is 1. The summed E-state index contributed by atoms with van der Waals surface area (Å²) < 4.78 is 4.19. The number of allylic oxidation sites excluding steroid dienone is 1. The number of aromatic nitrogens is 4. The van der Waals surface area contributed by atoms with E-state index in [1.54, 1.807) is 10.8 Å². The number of pyridine rings is 1.